The molecule has 0 radical (unpaired) electrons. The molecule has 0 aliphatic rings. The lowest BCUT2D eigenvalue weighted by Crippen LogP contribution is -2.23. The second kappa shape index (κ2) is 13.1. The van der Waals surface area contributed by atoms with Crippen LogP contribution in [-0.2, 0) is 22.7 Å². The lowest BCUT2D eigenvalue weighted by molar-refractivity contribution is -0.116. The van der Waals surface area contributed by atoms with E-state index in [0.29, 0.717) is 29.0 Å². The van der Waals surface area contributed by atoms with Gasteiger partial charge in [0.1, 0.15) is 0 Å². The quantitative estimate of drug-likeness (QED) is 0.218. The molecule has 0 unspecified atom stereocenters. The van der Waals surface area contributed by atoms with Crippen LogP contribution >= 0.6 is 11.8 Å². The summed E-state index contributed by atoms with van der Waals surface area (Å²) >= 11 is 1.27. The van der Waals surface area contributed by atoms with E-state index in [0.717, 1.165) is 16.8 Å². The first-order chi connectivity index (χ1) is 17.4. The van der Waals surface area contributed by atoms with Crippen molar-refractivity contribution in [3.8, 4) is 11.5 Å². The number of anilines is 1. The third kappa shape index (κ3) is 7.47. The average Bonchev–Trinajstić information content (AvgIpc) is 3.27. The number of hydrogen-bond acceptors (Lipinski definition) is 7. The van der Waals surface area contributed by atoms with Gasteiger partial charge in [-0.05, 0) is 42.8 Å². The number of aryl methyl sites for hydroxylation is 1. The average molecular weight is 508 g/mol. The van der Waals surface area contributed by atoms with Crippen molar-refractivity contribution in [1.29, 1.82) is 0 Å². The predicted octanol–water partition coefficient (Wildman–Crippen LogP) is 3.85. The van der Waals surface area contributed by atoms with E-state index in [2.05, 4.69) is 27.4 Å². The molecule has 1 aromatic heterocycles. The first-order valence-corrected chi connectivity index (χ1v) is 12.1. The number of amides is 2. The summed E-state index contributed by atoms with van der Waals surface area (Å²) in [4.78, 5) is 24.7. The number of methoxy groups -OCH3 is 2. The molecule has 0 bridgehead atoms. The number of aromatic nitrogens is 3. The Morgan fingerprint density at radius 3 is 2.53 bits per heavy atom. The zero-order valence-electron chi connectivity index (χ0n) is 20.5. The Bertz CT molecular complexity index is 1240. The van der Waals surface area contributed by atoms with Gasteiger partial charge in [-0.3, -0.25) is 9.59 Å². The molecule has 3 aromatic rings. The Labute approximate surface area is 214 Å². The van der Waals surface area contributed by atoms with E-state index in [-0.39, 0.29) is 24.1 Å². The maximum absolute atomic E-state index is 12.4. The van der Waals surface area contributed by atoms with Crippen molar-refractivity contribution in [3.05, 3.63) is 78.1 Å². The van der Waals surface area contributed by atoms with Gasteiger partial charge in [-0.15, -0.1) is 16.8 Å². The number of allylic oxidation sites excluding steroid dienone is 1. The van der Waals surface area contributed by atoms with Crippen molar-refractivity contribution in [3.63, 3.8) is 0 Å². The fourth-order valence-corrected chi connectivity index (χ4v) is 3.95. The van der Waals surface area contributed by atoms with Crippen molar-refractivity contribution in [1.82, 2.24) is 20.1 Å². The molecule has 0 saturated heterocycles. The minimum absolute atomic E-state index is 0.146. The molecule has 3 rings (SSSR count). The van der Waals surface area contributed by atoms with Crippen LogP contribution in [0.2, 0.25) is 0 Å². The summed E-state index contributed by atoms with van der Waals surface area (Å²) in [5, 5.41) is 14.6. The molecule has 0 fully saturated rings. The summed E-state index contributed by atoms with van der Waals surface area (Å²) in [6, 6.07) is 13.0. The van der Waals surface area contributed by atoms with E-state index in [1.165, 1.54) is 17.8 Å². The number of benzene rings is 2. The largest absolute Gasteiger partial charge is 0.493 e. The predicted molar refractivity (Wildman–Crippen MR) is 141 cm³/mol. The van der Waals surface area contributed by atoms with Crippen LogP contribution in [0, 0.1) is 6.92 Å². The molecule has 2 aromatic carbocycles. The molecule has 10 heteroatoms. The van der Waals surface area contributed by atoms with Crippen molar-refractivity contribution < 1.29 is 19.1 Å². The number of carbonyl (C=O) groups excluding carboxylic acids is 2. The second-order valence-electron chi connectivity index (χ2n) is 7.67. The van der Waals surface area contributed by atoms with Gasteiger partial charge >= 0.3 is 0 Å². The minimum atomic E-state index is -0.287. The van der Waals surface area contributed by atoms with Gasteiger partial charge in [-0.2, -0.15) is 0 Å². The van der Waals surface area contributed by atoms with Gasteiger partial charge < -0.3 is 24.7 Å². The Kier molecular flexibility index (Phi) is 9.70. The van der Waals surface area contributed by atoms with Crippen LogP contribution in [0.15, 0.2) is 66.4 Å². The molecule has 0 aliphatic carbocycles. The lowest BCUT2D eigenvalue weighted by atomic mass is 10.2. The fraction of sp³-hybridized carbons (Fsp3) is 0.231. The van der Waals surface area contributed by atoms with Crippen molar-refractivity contribution in [2.75, 3.05) is 25.3 Å². The zero-order valence-corrected chi connectivity index (χ0v) is 21.3. The maximum Gasteiger partial charge on any atom is 0.244 e. The maximum atomic E-state index is 12.4. The second-order valence-corrected chi connectivity index (χ2v) is 8.61. The minimum Gasteiger partial charge on any atom is -0.493 e. The van der Waals surface area contributed by atoms with Gasteiger partial charge in [-0.25, -0.2) is 0 Å². The van der Waals surface area contributed by atoms with Gasteiger partial charge in [0.05, 0.1) is 26.5 Å². The third-order valence-electron chi connectivity index (χ3n) is 5.03. The summed E-state index contributed by atoms with van der Waals surface area (Å²) < 4.78 is 12.3. The van der Waals surface area contributed by atoms with Gasteiger partial charge in [0.2, 0.25) is 11.8 Å². The molecule has 2 N–H and O–H groups in total. The van der Waals surface area contributed by atoms with E-state index >= 15 is 0 Å². The number of rotatable bonds is 12. The third-order valence-corrected chi connectivity index (χ3v) is 6.00. The highest BCUT2D eigenvalue weighted by Crippen LogP contribution is 2.28. The Balaban J connectivity index is 1.56. The van der Waals surface area contributed by atoms with E-state index in [1.807, 2.05) is 41.8 Å². The van der Waals surface area contributed by atoms with Crippen LogP contribution in [-0.4, -0.2) is 46.6 Å². The van der Waals surface area contributed by atoms with Gasteiger partial charge in [0, 0.05) is 18.3 Å². The molecule has 188 valence electrons. The van der Waals surface area contributed by atoms with Crippen LogP contribution in [0.5, 0.6) is 11.5 Å². The summed E-state index contributed by atoms with van der Waals surface area (Å²) in [6.45, 7) is 6.39. The van der Waals surface area contributed by atoms with Crippen LogP contribution in [0.3, 0.4) is 0 Å². The SMILES string of the molecule is C=CCn1c(CNC(=O)/C=C/c2ccc(OC)c(OC)c2)nnc1SCC(=O)Nc1ccc(C)cc1. The Hall–Kier alpha value is -4.05. The van der Waals surface area contributed by atoms with Gasteiger partial charge in [0.15, 0.2) is 22.5 Å². The van der Waals surface area contributed by atoms with E-state index in [4.69, 9.17) is 9.47 Å². The first kappa shape index (κ1) is 26.6. The van der Waals surface area contributed by atoms with Crippen molar-refractivity contribution >= 4 is 35.3 Å². The molecule has 0 spiro atoms. The number of hydrogen-bond donors (Lipinski definition) is 2. The van der Waals surface area contributed by atoms with E-state index < -0.39 is 0 Å². The smallest absolute Gasteiger partial charge is 0.244 e. The normalized spacial score (nSPS) is 10.8. The number of nitrogens with zero attached hydrogens (tertiary/aromatic N) is 3. The van der Waals surface area contributed by atoms with Gasteiger partial charge in [-0.1, -0.05) is 41.6 Å². The summed E-state index contributed by atoms with van der Waals surface area (Å²) in [5.74, 6) is 1.49. The highest BCUT2D eigenvalue weighted by molar-refractivity contribution is 7.99. The summed E-state index contributed by atoms with van der Waals surface area (Å²) in [5.41, 5.74) is 2.65. The summed E-state index contributed by atoms with van der Waals surface area (Å²) in [6.07, 6.45) is 4.82. The molecule has 36 heavy (non-hydrogen) atoms. The number of thioether (sulfide) groups is 1. The van der Waals surface area contributed by atoms with Crippen LogP contribution in [0.1, 0.15) is 17.0 Å². The van der Waals surface area contributed by atoms with Crippen molar-refractivity contribution in [2.24, 2.45) is 0 Å². The molecular weight excluding hydrogens is 478 g/mol. The number of carbonyl (C=O) groups is 2. The van der Waals surface area contributed by atoms with Crippen LogP contribution in [0.25, 0.3) is 6.08 Å². The summed E-state index contributed by atoms with van der Waals surface area (Å²) in [7, 11) is 3.12. The van der Waals surface area contributed by atoms with Crippen LogP contribution < -0.4 is 20.1 Å². The molecule has 2 amide bonds. The Morgan fingerprint density at radius 1 is 1.08 bits per heavy atom. The molecule has 0 saturated carbocycles. The highest BCUT2D eigenvalue weighted by Gasteiger charge is 2.14. The first-order valence-electron chi connectivity index (χ1n) is 11.1. The monoisotopic (exact) mass is 507 g/mol. The topological polar surface area (TPSA) is 107 Å². The Morgan fingerprint density at radius 2 is 1.83 bits per heavy atom. The molecule has 0 atom stereocenters. The standard InChI is InChI=1S/C26H29N5O4S/c1-5-14-31-23(16-27-24(32)13-9-19-8-12-21(34-3)22(15-19)35-4)29-30-26(31)36-17-25(33)28-20-10-6-18(2)7-11-20/h5-13,15H,1,14,16-17H2,2-4H3,(H,27,32)(H,28,33)/b13-9+. The van der Waals surface area contributed by atoms with Crippen LogP contribution in [0.4, 0.5) is 5.69 Å². The molecule has 0 aliphatic heterocycles. The van der Waals surface area contributed by atoms with Gasteiger partial charge in [0.25, 0.3) is 0 Å². The highest BCUT2D eigenvalue weighted by atomic mass is 32.2. The number of nitrogens with one attached hydrogen (secondary N) is 2. The fourth-order valence-electron chi connectivity index (χ4n) is 3.19. The number of ether oxygens (including phenoxy) is 2. The van der Waals surface area contributed by atoms with E-state index in [9.17, 15) is 9.59 Å². The van der Waals surface area contributed by atoms with E-state index in [1.54, 1.807) is 38.5 Å². The molecule has 9 nitrogen and oxygen atoms in total. The molecular formula is C26H29N5O4S. The van der Waals surface area contributed by atoms with Crippen molar-refractivity contribution in [2.45, 2.75) is 25.2 Å². The molecule has 1 heterocycles. The zero-order chi connectivity index (χ0) is 25.9. The lowest BCUT2D eigenvalue weighted by Gasteiger charge is -2.09.